The lowest BCUT2D eigenvalue weighted by atomic mass is 10.0. The molecule has 1 rings (SSSR count). The normalized spacial score (nSPS) is 13.2. The minimum Gasteiger partial charge on any atom is -0.330 e. The van der Waals surface area contributed by atoms with Crippen LogP contribution >= 0.6 is 11.3 Å². The highest BCUT2D eigenvalue weighted by atomic mass is 32.1. The number of nitrogens with two attached hydrogens (primary N) is 1. The Hall–Kier alpha value is -0.380. The van der Waals surface area contributed by atoms with Crippen LogP contribution in [-0.4, -0.2) is 31.6 Å². The number of thiophene rings is 1. The van der Waals surface area contributed by atoms with Gasteiger partial charge in [-0.05, 0) is 63.2 Å². The summed E-state index contributed by atoms with van der Waals surface area (Å²) in [6, 6.07) is 4.36. The van der Waals surface area contributed by atoms with Gasteiger partial charge in [0.25, 0.3) is 0 Å². The zero-order chi connectivity index (χ0) is 12.5. The lowest BCUT2D eigenvalue weighted by Gasteiger charge is -2.17. The number of likely N-dealkylation sites (N-methyl/N-ethyl adjacent to an activating group) is 1. The molecule has 98 valence electrons. The van der Waals surface area contributed by atoms with Gasteiger partial charge in [0.1, 0.15) is 0 Å². The summed E-state index contributed by atoms with van der Waals surface area (Å²) in [6.45, 7) is 5.51. The molecule has 0 amide bonds. The van der Waals surface area contributed by atoms with Gasteiger partial charge in [0.05, 0.1) is 0 Å². The fourth-order valence-electron chi connectivity index (χ4n) is 2.01. The van der Waals surface area contributed by atoms with Gasteiger partial charge in [0, 0.05) is 11.4 Å². The van der Waals surface area contributed by atoms with Crippen LogP contribution in [-0.2, 0) is 6.42 Å². The van der Waals surface area contributed by atoms with E-state index in [9.17, 15) is 0 Å². The quantitative estimate of drug-likeness (QED) is 0.734. The van der Waals surface area contributed by atoms with Crippen molar-refractivity contribution in [2.45, 2.75) is 32.6 Å². The second-order valence-electron chi connectivity index (χ2n) is 4.96. The maximum Gasteiger partial charge on any atom is 0.00579 e. The summed E-state index contributed by atoms with van der Waals surface area (Å²) < 4.78 is 0. The smallest absolute Gasteiger partial charge is 0.00579 e. The van der Waals surface area contributed by atoms with Crippen LogP contribution in [0.3, 0.4) is 0 Å². The lowest BCUT2D eigenvalue weighted by Crippen LogP contribution is -2.22. The average Bonchev–Trinajstić information content (AvgIpc) is 2.79. The Morgan fingerprint density at radius 2 is 2.18 bits per heavy atom. The van der Waals surface area contributed by atoms with Gasteiger partial charge in [0.2, 0.25) is 0 Å². The molecule has 2 nitrogen and oxygen atoms in total. The number of rotatable bonds is 9. The number of hydrogen-bond acceptors (Lipinski definition) is 3. The summed E-state index contributed by atoms with van der Waals surface area (Å²) in [5.74, 6) is 0.783. The third-order valence-electron chi connectivity index (χ3n) is 3.22. The van der Waals surface area contributed by atoms with Crippen LogP contribution < -0.4 is 5.73 Å². The molecule has 0 saturated carbocycles. The van der Waals surface area contributed by atoms with E-state index >= 15 is 0 Å². The first kappa shape index (κ1) is 14.7. The Balaban J connectivity index is 2.03. The van der Waals surface area contributed by atoms with E-state index in [1.54, 1.807) is 0 Å². The van der Waals surface area contributed by atoms with Crippen molar-refractivity contribution in [2.24, 2.45) is 11.7 Å². The van der Waals surface area contributed by atoms with Gasteiger partial charge in [-0.2, -0.15) is 0 Å². The van der Waals surface area contributed by atoms with Gasteiger partial charge in [-0.3, -0.25) is 0 Å². The Kier molecular flexibility index (Phi) is 7.49. The second kappa shape index (κ2) is 8.67. The van der Waals surface area contributed by atoms with Gasteiger partial charge >= 0.3 is 0 Å². The molecular formula is C14H26N2S. The highest BCUT2D eigenvalue weighted by Crippen LogP contribution is 2.11. The predicted molar refractivity (Wildman–Crippen MR) is 77.6 cm³/mol. The Labute approximate surface area is 110 Å². The van der Waals surface area contributed by atoms with Crippen molar-refractivity contribution in [3.63, 3.8) is 0 Å². The molecule has 0 radical (unpaired) electrons. The first-order chi connectivity index (χ1) is 8.22. The number of hydrogen-bond donors (Lipinski definition) is 1. The van der Waals surface area contributed by atoms with Gasteiger partial charge in [-0.1, -0.05) is 13.0 Å². The molecule has 0 aromatic carbocycles. The largest absolute Gasteiger partial charge is 0.330 e. The van der Waals surface area contributed by atoms with Crippen LogP contribution in [0.5, 0.6) is 0 Å². The van der Waals surface area contributed by atoms with E-state index in [2.05, 4.69) is 36.4 Å². The van der Waals surface area contributed by atoms with Crippen LogP contribution in [0.4, 0.5) is 0 Å². The van der Waals surface area contributed by atoms with Crippen molar-refractivity contribution in [3.05, 3.63) is 22.4 Å². The molecule has 0 bridgehead atoms. The Morgan fingerprint density at radius 3 is 2.82 bits per heavy atom. The van der Waals surface area contributed by atoms with Crippen LogP contribution in [0.15, 0.2) is 17.5 Å². The molecule has 1 aromatic rings. The molecule has 0 spiro atoms. The summed E-state index contributed by atoms with van der Waals surface area (Å²) in [5, 5.41) is 2.16. The topological polar surface area (TPSA) is 29.3 Å². The maximum absolute atomic E-state index is 5.55. The van der Waals surface area contributed by atoms with E-state index in [1.165, 1.54) is 43.6 Å². The maximum atomic E-state index is 5.55. The van der Waals surface area contributed by atoms with E-state index in [0.29, 0.717) is 0 Å². The summed E-state index contributed by atoms with van der Waals surface area (Å²) in [6.07, 6.45) is 4.95. The molecule has 0 saturated heterocycles. The molecule has 0 aliphatic rings. The molecule has 1 atom stereocenters. The van der Waals surface area contributed by atoms with Crippen LogP contribution in [0.1, 0.15) is 31.1 Å². The van der Waals surface area contributed by atoms with Crippen molar-refractivity contribution in [1.82, 2.24) is 4.90 Å². The molecule has 1 aromatic heterocycles. The van der Waals surface area contributed by atoms with Gasteiger partial charge < -0.3 is 10.6 Å². The third kappa shape index (κ3) is 6.81. The highest BCUT2D eigenvalue weighted by molar-refractivity contribution is 7.09. The van der Waals surface area contributed by atoms with Crippen LogP contribution in [0.2, 0.25) is 0 Å². The highest BCUT2D eigenvalue weighted by Gasteiger charge is 2.03. The second-order valence-corrected chi connectivity index (χ2v) is 5.99. The van der Waals surface area contributed by atoms with Gasteiger partial charge in [-0.25, -0.2) is 0 Å². The van der Waals surface area contributed by atoms with E-state index in [-0.39, 0.29) is 0 Å². The zero-order valence-corrected chi connectivity index (χ0v) is 12.0. The zero-order valence-electron chi connectivity index (χ0n) is 11.2. The SMILES string of the molecule is CC(CCN)CCCN(C)CCc1cccs1. The third-order valence-corrected chi connectivity index (χ3v) is 4.15. The molecular weight excluding hydrogens is 228 g/mol. The molecule has 3 heteroatoms. The summed E-state index contributed by atoms with van der Waals surface area (Å²) in [4.78, 5) is 3.93. The minimum absolute atomic E-state index is 0.783. The monoisotopic (exact) mass is 254 g/mol. The predicted octanol–water partition coefficient (Wildman–Crippen LogP) is 2.99. The van der Waals surface area contributed by atoms with Gasteiger partial charge in [-0.15, -0.1) is 11.3 Å². The van der Waals surface area contributed by atoms with Crippen LogP contribution in [0.25, 0.3) is 0 Å². The first-order valence-electron chi connectivity index (χ1n) is 6.63. The van der Waals surface area contributed by atoms with E-state index in [0.717, 1.165) is 12.5 Å². The fourth-order valence-corrected chi connectivity index (χ4v) is 2.70. The summed E-state index contributed by atoms with van der Waals surface area (Å²) in [7, 11) is 2.22. The molecule has 0 aliphatic heterocycles. The number of nitrogens with zero attached hydrogens (tertiary/aromatic N) is 1. The Bertz CT molecular complexity index is 272. The lowest BCUT2D eigenvalue weighted by molar-refractivity contribution is 0.317. The molecule has 0 fully saturated rings. The minimum atomic E-state index is 0.783. The van der Waals surface area contributed by atoms with E-state index in [1.807, 2.05) is 11.3 Å². The Morgan fingerprint density at radius 1 is 1.35 bits per heavy atom. The van der Waals surface area contributed by atoms with E-state index in [4.69, 9.17) is 5.73 Å². The first-order valence-corrected chi connectivity index (χ1v) is 7.51. The molecule has 17 heavy (non-hydrogen) atoms. The van der Waals surface area contributed by atoms with Crippen molar-refractivity contribution < 1.29 is 0 Å². The van der Waals surface area contributed by atoms with Crippen molar-refractivity contribution >= 4 is 11.3 Å². The molecule has 0 aliphatic carbocycles. The van der Waals surface area contributed by atoms with Gasteiger partial charge in [0.15, 0.2) is 0 Å². The van der Waals surface area contributed by atoms with E-state index < -0.39 is 0 Å². The van der Waals surface area contributed by atoms with Crippen LogP contribution in [0, 0.1) is 5.92 Å². The molecule has 1 unspecified atom stereocenters. The molecule has 1 heterocycles. The summed E-state index contributed by atoms with van der Waals surface area (Å²) in [5.41, 5.74) is 5.55. The fraction of sp³-hybridized carbons (Fsp3) is 0.714. The standard InChI is InChI=1S/C14H26N2S/c1-13(7-9-15)5-3-10-16(2)11-8-14-6-4-12-17-14/h4,6,12-13H,3,5,7-11,15H2,1-2H3. The van der Waals surface area contributed by atoms with Crippen molar-refractivity contribution in [3.8, 4) is 0 Å². The average molecular weight is 254 g/mol. The summed E-state index contributed by atoms with van der Waals surface area (Å²) >= 11 is 1.86. The van der Waals surface area contributed by atoms with Crippen molar-refractivity contribution in [1.29, 1.82) is 0 Å². The molecule has 2 N–H and O–H groups in total. The van der Waals surface area contributed by atoms with Crippen molar-refractivity contribution in [2.75, 3.05) is 26.7 Å².